The van der Waals surface area contributed by atoms with Gasteiger partial charge in [0.1, 0.15) is 11.4 Å². The number of hydrogen-bond acceptors (Lipinski definition) is 5. The van der Waals surface area contributed by atoms with Gasteiger partial charge in [-0.15, -0.1) is 0 Å². The Bertz CT molecular complexity index is 1150. The molecule has 0 bridgehead atoms. The van der Waals surface area contributed by atoms with E-state index in [-0.39, 0.29) is 0 Å². The number of methoxy groups -OCH3 is 1. The number of likely N-dealkylation sites (tertiary alicyclic amines) is 1. The fourth-order valence-electron chi connectivity index (χ4n) is 4.22. The minimum absolute atomic E-state index is 0.578. The lowest BCUT2D eigenvalue weighted by Crippen LogP contribution is -2.41. The zero-order chi connectivity index (χ0) is 20.0. The Morgan fingerprint density at radius 3 is 2.72 bits per heavy atom. The van der Waals surface area contributed by atoms with Crippen LogP contribution in [0.3, 0.4) is 0 Å². The van der Waals surface area contributed by atoms with Gasteiger partial charge >= 0.3 is 0 Å². The quantitative estimate of drug-likeness (QED) is 0.557. The number of nitrogens with zero attached hydrogens (tertiary/aromatic N) is 4. The average Bonchev–Trinajstić information content (AvgIpc) is 3.36. The van der Waals surface area contributed by atoms with Crippen molar-refractivity contribution in [3.8, 4) is 17.3 Å². The molecule has 0 saturated carbocycles. The van der Waals surface area contributed by atoms with Gasteiger partial charge in [-0.1, -0.05) is 0 Å². The number of imidazole rings is 1. The largest absolute Gasteiger partial charge is 0.497 e. The van der Waals surface area contributed by atoms with Crippen LogP contribution in [0.4, 0.5) is 5.69 Å². The summed E-state index contributed by atoms with van der Waals surface area (Å²) in [6.45, 7) is 2.31. The van der Waals surface area contributed by atoms with E-state index in [1.807, 2.05) is 18.2 Å². The van der Waals surface area contributed by atoms with E-state index in [0.29, 0.717) is 6.04 Å². The summed E-state index contributed by atoms with van der Waals surface area (Å²) in [7, 11) is 6.06. The first-order valence-corrected chi connectivity index (χ1v) is 10.1. The van der Waals surface area contributed by atoms with Crippen LogP contribution >= 0.6 is 0 Å². The first-order valence-electron chi connectivity index (χ1n) is 10.1. The molecular weight excluding hydrogens is 364 g/mol. The van der Waals surface area contributed by atoms with Gasteiger partial charge in [0.15, 0.2) is 5.82 Å². The van der Waals surface area contributed by atoms with Crippen molar-refractivity contribution in [2.24, 2.45) is 0 Å². The Labute approximate surface area is 169 Å². The maximum atomic E-state index is 5.37. The van der Waals surface area contributed by atoms with Gasteiger partial charge in [0.05, 0.1) is 23.7 Å². The molecule has 1 fully saturated rings. The third kappa shape index (κ3) is 3.21. The topological polar surface area (TPSA) is 73.1 Å². The van der Waals surface area contributed by atoms with Crippen molar-refractivity contribution in [3.05, 3.63) is 36.4 Å². The van der Waals surface area contributed by atoms with Gasteiger partial charge in [0.25, 0.3) is 0 Å². The normalized spacial score (nSPS) is 16.0. The van der Waals surface area contributed by atoms with Crippen LogP contribution < -0.4 is 9.64 Å². The molecule has 5 rings (SSSR count). The molecule has 1 saturated heterocycles. The van der Waals surface area contributed by atoms with Gasteiger partial charge in [-0.2, -0.15) is 5.10 Å². The molecule has 4 aromatic rings. The van der Waals surface area contributed by atoms with Crippen LogP contribution in [0.2, 0.25) is 0 Å². The van der Waals surface area contributed by atoms with E-state index < -0.39 is 0 Å². The van der Waals surface area contributed by atoms with Crippen molar-refractivity contribution in [1.29, 1.82) is 0 Å². The van der Waals surface area contributed by atoms with Gasteiger partial charge in [-0.05, 0) is 69.4 Å². The Hall–Kier alpha value is -3.06. The van der Waals surface area contributed by atoms with Crippen LogP contribution in [0.5, 0.6) is 5.75 Å². The Balaban J connectivity index is 1.48. The number of aromatic nitrogens is 4. The van der Waals surface area contributed by atoms with Crippen molar-refractivity contribution < 1.29 is 4.74 Å². The lowest BCUT2D eigenvalue weighted by molar-refractivity contribution is 0.253. The summed E-state index contributed by atoms with van der Waals surface area (Å²) in [6.07, 6.45) is 2.39. The zero-order valence-electron chi connectivity index (χ0n) is 17.1. The lowest BCUT2D eigenvalue weighted by atomic mass is 10.0. The third-order valence-electron chi connectivity index (χ3n) is 6.10. The molecule has 7 nitrogen and oxygen atoms in total. The van der Waals surface area contributed by atoms with E-state index in [0.717, 1.165) is 52.3 Å². The summed E-state index contributed by atoms with van der Waals surface area (Å²) in [5, 5.41) is 8.56. The molecule has 0 atom stereocenters. The standard InChI is InChI=1S/C22H26N6O/c1-27-10-8-14(9-11-27)28(2)15-4-6-19-20(12-15)24-22(23-19)21-17-13-16(29-3)5-7-18(17)25-26-21/h4-7,12-14H,8-11H2,1-3H3,(H,23,24)(H,25,26). The van der Waals surface area contributed by atoms with Gasteiger partial charge in [-0.3, -0.25) is 5.10 Å². The minimum Gasteiger partial charge on any atom is -0.497 e. The Morgan fingerprint density at radius 2 is 1.93 bits per heavy atom. The van der Waals surface area contributed by atoms with E-state index in [1.54, 1.807) is 7.11 Å². The van der Waals surface area contributed by atoms with Crippen molar-refractivity contribution in [2.45, 2.75) is 18.9 Å². The molecule has 0 unspecified atom stereocenters. The van der Waals surface area contributed by atoms with E-state index >= 15 is 0 Å². The van der Waals surface area contributed by atoms with Crippen LogP contribution in [-0.2, 0) is 0 Å². The number of benzene rings is 2. The predicted molar refractivity (Wildman–Crippen MR) is 117 cm³/mol. The van der Waals surface area contributed by atoms with Crippen molar-refractivity contribution in [3.63, 3.8) is 0 Å². The van der Waals surface area contributed by atoms with E-state index in [4.69, 9.17) is 9.72 Å². The summed E-state index contributed by atoms with van der Waals surface area (Å²) < 4.78 is 5.37. The maximum Gasteiger partial charge on any atom is 0.159 e. The van der Waals surface area contributed by atoms with Crippen LogP contribution in [0.1, 0.15) is 12.8 Å². The van der Waals surface area contributed by atoms with Crippen LogP contribution in [-0.4, -0.2) is 65.4 Å². The number of anilines is 1. The average molecular weight is 390 g/mol. The summed E-state index contributed by atoms with van der Waals surface area (Å²) in [5.41, 5.74) is 4.95. The van der Waals surface area contributed by atoms with Crippen LogP contribution in [0.25, 0.3) is 33.5 Å². The van der Waals surface area contributed by atoms with Gasteiger partial charge < -0.3 is 19.5 Å². The molecule has 150 valence electrons. The summed E-state index contributed by atoms with van der Waals surface area (Å²) >= 11 is 0. The van der Waals surface area contributed by atoms with E-state index in [2.05, 4.69) is 57.3 Å². The first-order chi connectivity index (χ1) is 14.1. The fourth-order valence-corrected chi connectivity index (χ4v) is 4.22. The SMILES string of the molecule is COc1ccc2[nH]nc(-c3nc4ccc(N(C)C5CCN(C)CC5)cc4[nH]3)c2c1. The Kier molecular flexibility index (Phi) is 4.39. The second-order valence-electron chi connectivity index (χ2n) is 7.92. The van der Waals surface area contributed by atoms with E-state index in [1.165, 1.54) is 18.5 Å². The number of H-pyrrole nitrogens is 2. The van der Waals surface area contributed by atoms with Gasteiger partial charge in [0, 0.05) is 24.2 Å². The zero-order valence-corrected chi connectivity index (χ0v) is 17.1. The molecule has 0 amide bonds. The number of ether oxygens (including phenoxy) is 1. The molecule has 0 spiro atoms. The minimum atomic E-state index is 0.578. The van der Waals surface area contributed by atoms with Gasteiger partial charge in [0.2, 0.25) is 0 Å². The summed E-state index contributed by atoms with van der Waals surface area (Å²) in [5.74, 6) is 1.57. The number of rotatable bonds is 4. The molecule has 7 heteroatoms. The number of aromatic amines is 2. The highest BCUT2D eigenvalue weighted by Gasteiger charge is 2.21. The third-order valence-corrected chi connectivity index (χ3v) is 6.10. The first kappa shape index (κ1) is 18.0. The van der Waals surface area contributed by atoms with Gasteiger partial charge in [-0.25, -0.2) is 4.98 Å². The summed E-state index contributed by atoms with van der Waals surface area (Å²) in [6, 6.07) is 12.9. The summed E-state index contributed by atoms with van der Waals surface area (Å²) in [4.78, 5) is 13.0. The van der Waals surface area contributed by atoms with E-state index in [9.17, 15) is 0 Å². The molecule has 0 aliphatic carbocycles. The number of hydrogen-bond donors (Lipinski definition) is 2. The smallest absolute Gasteiger partial charge is 0.159 e. The van der Waals surface area contributed by atoms with Crippen molar-refractivity contribution >= 4 is 27.6 Å². The molecule has 29 heavy (non-hydrogen) atoms. The molecule has 2 aromatic heterocycles. The van der Waals surface area contributed by atoms with Crippen LogP contribution in [0.15, 0.2) is 36.4 Å². The highest BCUT2D eigenvalue weighted by molar-refractivity contribution is 5.94. The second-order valence-corrected chi connectivity index (χ2v) is 7.92. The second kappa shape index (κ2) is 7.08. The van der Waals surface area contributed by atoms with Crippen molar-refractivity contribution in [1.82, 2.24) is 25.1 Å². The molecule has 2 N–H and O–H groups in total. The van der Waals surface area contributed by atoms with Crippen molar-refractivity contribution in [2.75, 3.05) is 39.2 Å². The molecule has 3 heterocycles. The number of piperidine rings is 1. The fraction of sp³-hybridized carbons (Fsp3) is 0.364. The number of nitrogens with one attached hydrogen (secondary N) is 2. The lowest BCUT2D eigenvalue weighted by Gasteiger charge is -2.36. The predicted octanol–water partition coefficient (Wildman–Crippen LogP) is 3.65. The number of fused-ring (bicyclic) bond motifs is 2. The highest BCUT2D eigenvalue weighted by Crippen LogP contribution is 2.30. The molecular formula is C22H26N6O. The molecule has 2 aromatic carbocycles. The monoisotopic (exact) mass is 390 g/mol. The maximum absolute atomic E-state index is 5.37. The molecule has 0 radical (unpaired) electrons. The highest BCUT2D eigenvalue weighted by atomic mass is 16.5. The van der Waals surface area contributed by atoms with Crippen LogP contribution in [0, 0.1) is 0 Å². The molecule has 1 aliphatic heterocycles. The Morgan fingerprint density at radius 1 is 1.10 bits per heavy atom. The molecule has 1 aliphatic rings.